The van der Waals surface area contributed by atoms with E-state index in [-0.39, 0.29) is 12.5 Å². The van der Waals surface area contributed by atoms with Crippen molar-refractivity contribution < 1.29 is 4.79 Å². The predicted molar refractivity (Wildman–Crippen MR) is 40.5 cm³/mol. The molecule has 58 valence electrons. The van der Waals surface area contributed by atoms with Crippen LogP contribution in [-0.4, -0.2) is 19.0 Å². The van der Waals surface area contributed by atoms with E-state index < -0.39 is 0 Å². The number of carbonyl (C=O) groups is 1. The molecule has 0 aliphatic carbocycles. The molecule has 0 aliphatic rings. The molecule has 0 aromatic rings. The predicted octanol–water partition coefficient (Wildman–Crippen LogP) is 0.436. The van der Waals surface area contributed by atoms with Crippen molar-refractivity contribution in [2.75, 3.05) is 13.1 Å². The lowest BCUT2D eigenvalue weighted by molar-refractivity contribution is -0.115. The summed E-state index contributed by atoms with van der Waals surface area (Å²) in [6.07, 6.45) is 0. The van der Waals surface area contributed by atoms with Crippen LogP contribution >= 0.6 is 0 Å². The minimum atomic E-state index is -0.347. The van der Waals surface area contributed by atoms with E-state index in [1.807, 2.05) is 0 Å². The van der Waals surface area contributed by atoms with Gasteiger partial charge in [0.15, 0.2) is 0 Å². The van der Waals surface area contributed by atoms with Crippen molar-refractivity contribution in [2.45, 2.75) is 6.92 Å². The van der Waals surface area contributed by atoms with Crippen LogP contribution < -0.4 is 5.32 Å². The average molecular weight is 152 g/mol. The highest BCUT2D eigenvalue weighted by Crippen LogP contribution is 1.68. The summed E-state index contributed by atoms with van der Waals surface area (Å²) in [4.78, 5) is 13.1. The quantitative estimate of drug-likeness (QED) is 0.206. The Bertz CT molecular complexity index is 231. The molecule has 0 aliphatic heterocycles. The van der Waals surface area contributed by atoms with E-state index in [2.05, 4.69) is 27.2 Å². The molecule has 0 saturated carbocycles. The van der Waals surface area contributed by atoms with Crippen LogP contribution in [0.2, 0.25) is 0 Å². The number of hydrogen-bond donors (Lipinski definition) is 1. The van der Waals surface area contributed by atoms with Gasteiger partial charge in [0.1, 0.15) is 0 Å². The first-order valence-corrected chi connectivity index (χ1v) is 3.02. The van der Waals surface area contributed by atoms with E-state index in [1.165, 1.54) is 0 Å². The maximum Gasteiger partial charge on any atom is 0.295 e. The lowest BCUT2D eigenvalue weighted by atomic mass is 10.5. The SMILES string of the molecule is CC#CC(=O)NCCN=[N+]=[N-]. The number of nitrogens with zero attached hydrogens (tertiary/aromatic N) is 3. The van der Waals surface area contributed by atoms with E-state index in [0.29, 0.717) is 6.54 Å². The van der Waals surface area contributed by atoms with E-state index in [1.54, 1.807) is 6.92 Å². The highest BCUT2D eigenvalue weighted by atomic mass is 16.1. The van der Waals surface area contributed by atoms with Gasteiger partial charge in [-0.15, -0.1) is 0 Å². The maximum atomic E-state index is 10.6. The number of rotatable bonds is 3. The van der Waals surface area contributed by atoms with Crippen molar-refractivity contribution in [3.05, 3.63) is 10.4 Å². The first kappa shape index (κ1) is 9.34. The Morgan fingerprint density at radius 3 is 3.09 bits per heavy atom. The van der Waals surface area contributed by atoms with Crippen molar-refractivity contribution in [3.8, 4) is 11.8 Å². The molecule has 0 radical (unpaired) electrons. The molecule has 0 spiro atoms. The van der Waals surface area contributed by atoms with E-state index in [0.717, 1.165) is 0 Å². The van der Waals surface area contributed by atoms with Crippen molar-refractivity contribution in [1.29, 1.82) is 0 Å². The molecule has 5 heteroatoms. The Morgan fingerprint density at radius 1 is 1.82 bits per heavy atom. The maximum absolute atomic E-state index is 10.6. The summed E-state index contributed by atoms with van der Waals surface area (Å²) >= 11 is 0. The normalized spacial score (nSPS) is 7.00. The van der Waals surface area contributed by atoms with Crippen LogP contribution in [0.5, 0.6) is 0 Å². The van der Waals surface area contributed by atoms with Crippen molar-refractivity contribution in [2.24, 2.45) is 5.11 Å². The van der Waals surface area contributed by atoms with Gasteiger partial charge in [0, 0.05) is 18.0 Å². The topological polar surface area (TPSA) is 77.9 Å². The first-order chi connectivity index (χ1) is 5.31. The van der Waals surface area contributed by atoms with Crippen LogP contribution in [0.4, 0.5) is 0 Å². The fraction of sp³-hybridized carbons (Fsp3) is 0.500. The average Bonchev–Trinajstić information content (AvgIpc) is 1.99. The highest BCUT2D eigenvalue weighted by molar-refractivity contribution is 5.93. The largest absolute Gasteiger partial charge is 0.345 e. The summed E-state index contributed by atoms with van der Waals surface area (Å²) in [5.74, 6) is 4.38. The van der Waals surface area contributed by atoms with Crippen LogP contribution in [0.1, 0.15) is 6.92 Å². The van der Waals surface area contributed by atoms with E-state index >= 15 is 0 Å². The fourth-order valence-electron chi connectivity index (χ4n) is 0.422. The van der Waals surface area contributed by atoms with Gasteiger partial charge in [-0.3, -0.25) is 4.79 Å². The van der Waals surface area contributed by atoms with Crippen LogP contribution in [0.3, 0.4) is 0 Å². The lowest BCUT2D eigenvalue weighted by Gasteiger charge is -1.93. The molecule has 0 heterocycles. The summed E-state index contributed by atoms with van der Waals surface area (Å²) in [6.45, 7) is 2.16. The van der Waals surface area contributed by atoms with Gasteiger partial charge in [-0.1, -0.05) is 11.0 Å². The third-order valence-corrected chi connectivity index (χ3v) is 0.799. The Balaban J connectivity index is 3.44. The molecule has 0 aromatic carbocycles. The summed E-state index contributed by atoms with van der Waals surface area (Å²) in [5, 5.41) is 5.66. The molecule has 0 unspecified atom stereocenters. The number of amides is 1. The fourth-order valence-corrected chi connectivity index (χ4v) is 0.422. The minimum Gasteiger partial charge on any atom is -0.345 e. The van der Waals surface area contributed by atoms with Gasteiger partial charge in [0.05, 0.1) is 0 Å². The van der Waals surface area contributed by atoms with Gasteiger partial charge in [0.2, 0.25) is 0 Å². The third-order valence-electron chi connectivity index (χ3n) is 0.799. The number of carbonyl (C=O) groups excluding carboxylic acids is 1. The van der Waals surface area contributed by atoms with Gasteiger partial charge < -0.3 is 5.32 Å². The van der Waals surface area contributed by atoms with Crippen LogP contribution in [-0.2, 0) is 4.79 Å². The Kier molecular flexibility index (Phi) is 5.49. The van der Waals surface area contributed by atoms with Gasteiger partial charge >= 0.3 is 0 Å². The van der Waals surface area contributed by atoms with Crippen LogP contribution in [0.25, 0.3) is 10.4 Å². The van der Waals surface area contributed by atoms with Crippen LogP contribution in [0.15, 0.2) is 5.11 Å². The zero-order chi connectivity index (χ0) is 8.53. The highest BCUT2D eigenvalue weighted by Gasteiger charge is 1.90. The molecule has 0 atom stereocenters. The molecule has 0 rings (SSSR count). The van der Waals surface area contributed by atoms with E-state index in [4.69, 9.17) is 5.53 Å². The zero-order valence-electron chi connectivity index (χ0n) is 6.16. The number of hydrogen-bond acceptors (Lipinski definition) is 2. The second kappa shape index (κ2) is 6.46. The molecule has 1 amide bonds. The molecule has 0 aromatic heterocycles. The molecular weight excluding hydrogens is 144 g/mol. The van der Waals surface area contributed by atoms with Gasteiger partial charge in [-0.05, 0) is 18.4 Å². The summed E-state index contributed by atoms with van der Waals surface area (Å²) in [5.41, 5.74) is 7.85. The molecule has 5 nitrogen and oxygen atoms in total. The second-order valence-electron chi connectivity index (χ2n) is 1.59. The standard InChI is InChI=1S/C6H8N4O/c1-2-3-6(11)8-4-5-9-10-7/h4-5H2,1H3,(H,8,11). The number of azide groups is 1. The van der Waals surface area contributed by atoms with Gasteiger partial charge in [-0.2, -0.15) is 0 Å². The number of nitrogens with one attached hydrogen (secondary N) is 1. The molecule has 11 heavy (non-hydrogen) atoms. The Morgan fingerprint density at radius 2 is 2.55 bits per heavy atom. The van der Waals surface area contributed by atoms with Crippen molar-refractivity contribution in [1.82, 2.24) is 5.32 Å². The third kappa shape index (κ3) is 6.22. The molecule has 0 fully saturated rings. The second-order valence-corrected chi connectivity index (χ2v) is 1.59. The molecule has 0 saturated heterocycles. The van der Waals surface area contributed by atoms with Crippen molar-refractivity contribution >= 4 is 5.91 Å². The summed E-state index contributed by atoms with van der Waals surface area (Å²) in [6, 6.07) is 0. The Hall–Kier alpha value is -1.66. The minimum absolute atomic E-state index is 0.258. The smallest absolute Gasteiger partial charge is 0.295 e. The molecule has 1 N–H and O–H groups in total. The van der Waals surface area contributed by atoms with Crippen LogP contribution in [0, 0.1) is 11.8 Å². The first-order valence-electron chi connectivity index (χ1n) is 3.02. The van der Waals surface area contributed by atoms with E-state index in [9.17, 15) is 4.79 Å². The van der Waals surface area contributed by atoms with Crippen molar-refractivity contribution in [3.63, 3.8) is 0 Å². The molecular formula is C6H8N4O. The van der Waals surface area contributed by atoms with Gasteiger partial charge in [-0.25, -0.2) is 0 Å². The summed E-state index contributed by atoms with van der Waals surface area (Å²) in [7, 11) is 0. The lowest BCUT2D eigenvalue weighted by Crippen LogP contribution is -2.24. The summed E-state index contributed by atoms with van der Waals surface area (Å²) < 4.78 is 0. The van der Waals surface area contributed by atoms with Gasteiger partial charge in [0.25, 0.3) is 5.91 Å². The Labute approximate surface area is 64.4 Å². The zero-order valence-corrected chi connectivity index (χ0v) is 6.16. The molecule has 0 bridgehead atoms. The monoisotopic (exact) mass is 152 g/mol.